The van der Waals surface area contributed by atoms with Crippen molar-refractivity contribution in [1.82, 2.24) is 10.3 Å². The number of pyridine rings is 1. The molecule has 0 bridgehead atoms. The van der Waals surface area contributed by atoms with E-state index in [0.717, 1.165) is 12.8 Å². The van der Waals surface area contributed by atoms with Crippen LogP contribution in [0.2, 0.25) is 0 Å². The van der Waals surface area contributed by atoms with E-state index < -0.39 is 0 Å². The lowest BCUT2D eigenvalue weighted by atomic mass is 10.1. The third kappa shape index (κ3) is 2.48. The number of nitrogens with one attached hydrogen (secondary N) is 1. The molecule has 0 atom stereocenters. The molecule has 4 heteroatoms. The Hall–Kier alpha value is -1.09. The molecule has 0 unspecified atom stereocenters. The van der Waals surface area contributed by atoms with Gasteiger partial charge in [0.05, 0.1) is 0 Å². The van der Waals surface area contributed by atoms with E-state index in [1.807, 2.05) is 0 Å². The maximum absolute atomic E-state index is 11.7. The number of hydrogen-bond acceptors (Lipinski definition) is 2. The summed E-state index contributed by atoms with van der Waals surface area (Å²) in [6, 6.07) is 3.41. The van der Waals surface area contributed by atoms with Crippen molar-refractivity contribution in [3.63, 3.8) is 0 Å². The minimum Gasteiger partial charge on any atom is -0.351 e. The van der Waals surface area contributed by atoms with Gasteiger partial charge >= 0.3 is 0 Å². The number of aromatic nitrogens is 1. The Morgan fingerprint density at radius 2 is 2.13 bits per heavy atom. The molecule has 0 radical (unpaired) electrons. The predicted octanol–water partition coefficient (Wildman–Crippen LogP) is 1.83. The maximum atomic E-state index is 11.7. The molecule has 2 rings (SSSR count). The Labute approximate surface area is 93.8 Å². The van der Waals surface area contributed by atoms with E-state index in [4.69, 9.17) is 11.6 Å². The van der Waals surface area contributed by atoms with Crippen LogP contribution in [0.4, 0.5) is 0 Å². The summed E-state index contributed by atoms with van der Waals surface area (Å²) in [6.45, 7) is 0.678. The molecule has 1 N–H and O–H groups in total. The molecule has 80 valence electrons. The molecule has 0 spiro atoms. The Morgan fingerprint density at radius 3 is 2.67 bits per heavy atom. The first-order valence-electron chi connectivity index (χ1n) is 5.00. The third-order valence-electron chi connectivity index (χ3n) is 2.81. The van der Waals surface area contributed by atoms with Crippen LogP contribution in [0.3, 0.4) is 0 Å². The maximum Gasteiger partial charge on any atom is 0.251 e. The van der Waals surface area contributed by atoms with E-state index in [1.165, 1.54) is 0 Å². The van der Waals surface area contributed by atoms with E-state index in [-0.39, 0.29) is 11.3 Å². The molecule has 1 amide bonds. The summed E-state index contributed by atoms with van der Waals surface area (Å²) in [7, 11) is 0. The zero-order chi connectivity index (χ0) is 10.7. The Morgan fingerprint density at radius 1 is 1.47 bits per heavy atom. The summed E-state index contributed by atoms with van der Waals surface area (Å²) >= 11 is 5.82. The summed E-state index contributed by atoms with van der Waals surface area (Å²) in [4.78, 5) is 15.5. The molecule has 1 aromatic rings. The van der Waals surface area contributed by atoms with Crippen LogP contribution in [0.25, 0.3) is 0 Å². The molecule has 1 aliphatic rings. The second-order valence-corrected chi connectivity index (χ2v) is 4.32. The van der Waals surface area contributed by atoms with E-state index >= 15 is 0 Å². The fraction of sp³-hybridized carbons (Fsp3) is 0.455. The van der Waals surface area contributed by atoms with Gasteiger partial charge in [-0.1, -0.05) is 0 Å². The first kappa shape index (κ1) is 10.4. The van der Waals surface area contributed by atoms with Gasteiger partial charge in [-0.05, 0) is 25.0 Å². The highest BCUT2D eigenvalue weighted by Crippen LogP contribution is 2.45. The van der Waals surface area contributed by atoms with Gasteiger partial charge in [-0.25, -0.2) is 0 Å². The first-order valence-corrected chi connectivity index (χ1v) is 5.53. The van der Waals surface area contributed by atoms with Gasteiger partial charge in [0.15, 0.2) is 0 Å². The standard InChI is InChI=1S/C11H13ClN2O/c12-7-11(3-4-11)8-14-10(15)9-1-5-13-6-2-9/h1-2,5-6H,3-4,7-8H2,(H,14,15). The number of carbonyl (C=O) groups is 1. The average molecular weight is 225 g/mol. The fourth-order valence-corrected chi connectivity index (χ4v) is 1.77. The molecule has 1 saturated carbocycles. The van der Waals surface area contributed by atoms with Crippen molar-refractivity contribution < 1.29 is 4.79 Å². The van der Waals surface area contributed by atoms with Crippen LogP contribution in [0.1, 0.15) is 23.2 Å². The molecule has 0 saturated heterocycles. The van der Waals surface area contributed by atoms with Crippen LogP contribution in [-0.2, 0) is 0 Å². The SMILES string of the molecule is O=C(NCC1(CCl)CC1)c1ccncc1. The van der Waals surface area contributed by atoms with Crippen molar-refractivity contribution >= 4 is 17.5 Å². The van der Waals surface area contributed by atoms with Gasteiger partial charge in [-0.15, -0.1) is 11.6 Å². The van der Waals surface area contributed by atoms with Crippen LogP contribution in [0.5, 0.6) is 0 Å². The number of nitrogens with zero attached hydrogens (tertiary/aromatic N) is 1. The molecule has 0 aromatic carbocycles. The van der Waals surface area contributed by atoms with Crippen molar-refractivity contribution in [2.45, 2.75) is 12.8 Å². The van der Waals surface area contributed by atoms with E-state index in [1.54, 1.807) is 24.5 Å². The minimum absolute atomic E-state index is 0.0474. The third-order valence-corrected chi connectivity index (χ3v) is 3.37. The molecular formula is C11H13ClN2O. The van der Waals surface area contributed by atoms with Gasteiger partial charge < -0.3 is 5.32 Å². The van der Waals surface area contributed by atoms with Crippen molar-refractivity contribution in [2.75, 3.05) is 12.4 Å². The summed E-state index contributed by atoms with van der Waals surface area (Å²) in [5.41, 5.74) is 0.819. The summed E-state index contributed by atoms with van der Waals surface area (Å²) in [5.74, 6) is 0.581. The van der Waals surface area contributed by atoms with Gasteiger partial charge in [0.25, 0.3) is 5.91 Å². The zero-order valence-electron chi connectivity index (χ0n) is 8.37. The molecular weight excluding hydrogens is 212 g/mol. The largest absolute Gasteiger partial charge is 0.351 e. The zero-order valence-corrected chi connectivity index (χ0v) is 9.13. The van der Waals surface area contributed by atoms with Gasteiger partial charge in [-0.3, -0.25) is 9.78 Å². The summed E-state index contributed by atoms with van der Waals surface area (Å²) < 4.78 is 0. The number of amides is 1. The monoisotopic (exact) mass is 224 g/mol. The highest BCUT2D eigenvalue weighted by Gasteiger charge is 2.41. The van der Waals surface area contributed by atoms with Gasteiger partial charge in [-0.2, -0.15) is 0 Å². The second-order valence-electron chi connectivity index (χ2n) is 4.05. The lowest BCUT2D eigenvalue weighted by molar-refractivity contribution is 0.0946. The predicted molar refractivity (Wildman–Crippen MR) is 59.0 cm³/mol. The lowest BCUT2D eigenvalue weighted by Crippen LogP contribution is -2.30. The quantitative estimate of drug-likeness (QED) is 0.793. The lowest BCUT2D eigenvalue weighted by Gasteiger charge is -2.12. The van der Waals surface area contributed by atoms with Crippen LogP contribution in [-0.4, -0.2) is 23.3 Å². The summed E-state index contributed by atoms with van der Waals surface area (Å²) in [5, 5.41) is 2.90. The first-order chi connectivity index (χ1) is 7.26. The fourth-order valence-electron chi connectivity index (χ4n) is 1.41. The van der Waals surface area contributed by atoms with Crippen molar-refractivity contribution in [3.05, 3.63) is 30.1 Å². The van der Waals surface area contributed by atoms with Gasteiger partial charge in [0.2, 0.25) is 0 Å². The van der Waals surface area contributed by atoms with E-state index in [0.29, 0.717) is 18.0 Å². The number of hydrogen-bond donors (Lipinski definition) is 1. The van der Waals surface area contributed by atoms with Crippen molar-refractivity contribution in [2.24, 2.45) is 5.41 Å². The topological polar surface area (TPSA) is 42.0 Å². The number of halogens is 1. The van der Waals surface area contributed by atoms with Crippen LogP contribution >= 0.6 is 11.6 Å². The van der Waals surface area contributed by atoms with Crippen molar-refractivity contribution in [3.8, 4) is 0 Å². The Balaban J connectivity index is 1.88. The van der Waals surface area contributed by atoms with Crippen molar-refractivity contribution in [1.29, 1.82) is 0 Å². The second kappa shape index (κ2) is 4.19. The van der Waals surface area contributed by atoms with E-state index in [9.17, 15) is 4.79 Å². The molecule has 1 aliphatic carbocycles. The molecule has 1 fully saturated rings. The molecule has 0 aliphatic heterocycles. The number of alkyl halides is 1. The van der Waals surface area contributed by atoms with Crippen LogP contribution in [0.15, 0.2) is 24.5 Å². The molecule has 3 nitrogen and oxygen atoms in total. The summed E-state index contributed by atoms with van der Waals surface area (Å²) in [6.07, 6.45) is 5.47. The number of carbonyl (C=O) groups excluding carboxylic acids is 1. The molecule has 1 aromatic heterocycles. The molecule has 15 heavy (non-hydrogen) atoms. The van der Waals surface area contributed by atoms with E-state index in [2.05, 4.69) is 10.3 Å². The highest BCUT2D eigenvalue weighted by atomic mass is 35.5. The molecule has 1 heterocycles. The Kier molecular flexibility index (Phi) is 2.91. The van der Waals surface area contributed by atoms with Crippen LogP contribution in [0, 0.1) is 5.41 Å². The minimum atomic E-state index is -0.0474. The highest BCUT2D eigenvalue weighted by molar-refractivity contribution is 6.18. The van der Waals surface area contributed by atoms with Crippen LogP contribution < -0.4 is 5.32 Å². The smallest absolute Gasteiger partial charge is 0.251 e. The Bertz CT molecular complexity index is 349. The van der Waals surface area contributed by atoms with Gasteiger partial charge in [0, 0.05) is 35.8 Å². The normalized spacial score (nSPS) is 17.1. The number of rotatable bonds is 4. The van der Waals surface area contributed by atoms with Gasteiger partial charge in [0.1, 0.15) is 0 Å². The average Bonchev–Trinajstić information content (AvgIpc) is 3.08.